The monoisotopic (exact) mass is 313 g/mol. The van der Waals surface area contributed by atoms with Gasteiger partial charge in [0.25, 0.3) is 0 Å². The van der Waals surface area contributed by atoms with Crippen LogP contribution in [-0.4, -0.2) is 40.7 Å². The molecule has 1 N–H and O–H groups in total. The summed E-state index contributed by atoms with van der Waals surface area (Å²) in [4.78, 5) is 25.3. The van der Waals surface area contributed by atoms with Gasteiger partial charge in [-0.15, -0.1) is 0 Å². The van der Waals surface area contributed by atoms with Crippen LogP contribution in [0, 0.1) is 0 Å². The first-order valence-corrected chi connectivity index (χ1v) is 7.54. The number of amides is 2. The highest BCUT2D eigenvalue weighted by Crippen LogP contribution is 2.17. The lowest BCUT2D eigenvalue weighted by molar-refractivity contribution is 0.0348. The molecule has 0 unspecified atom stereocenters. The van der Waals surface area contributed by atoms with Gasteiger partial charge < -0.3 is 9.47 Å². The minimum Gasteiger partial charge on any atom is -0.443 e. The van der Waals surface area contributed by atoms with Gasteiger partial charge in [-0.05, 0) is 54.4 Å². The molecule has 0 atom stereocenters. The largest absolute Gasteiger partial charge is 0.443 e. The van der Waals surface area contributed by atoms with E-state index in [9.17, 15) is 9.59 Å². The number of hydrogen-bond acceptors (Lipinski definition) is 5. The molecular formula is C15H27N3O4. The molecule has 1 aliphatic heterocycles. The topological polar surface area (TPSA) is 80.2 Å². The van der Waals surface area contributed by atoms with Crippen molar-refractivity contribution in [2.75, 3.05) is 6.54 Å². The highest BCUT2D eigenvalue weighted by molar-refractivity contribution is 5.96. The molecule has 1 rings (SSSR count). The fraction of sp³-hybridized carbons (Fsp3) is 0.800. The number of nitrogens with zero attached hydrogens (tertiary/aromatic N) is 2. The number of hydrazone groups is 1. The first-order chi connectivity index (χ1) is 9.98. The average Bonchev–Trinajstić information content (AvgIpc) is 2.32. The molecule has 0 aromatic rings. The number of likely N-dealkylation sites (tertiary alicyclic amines) is 1. The number of ether oxygens (including phenoxy) is 2. The molecule has 1 heterocycles. The molecule has 0 aliphatic carbocycles. The molecule has 0 aromatic heterocycles. The Hall–Kier alpha value is -1.79. The van der Waals surface area contributed by atoms with E-state index in [-0.39, 0.29) is 0 Å². The van der Waals surface area contributed by atoms with Crippen LogP contribution in [0.3, 0.4) is 0 Å². The minimum absolute atomic E-state index is 0.447. The molecule has 0 bridgehead atoms. The highest BCUT2D eigenvalue weighted by atomic mass is 16.6. The zero-order chi connectivity index (χ0) is 17.0. The molecule has 7 heteroatoms. The Morgan fingerprint density at radius 2 is 1.64 bits per heavy atom. The van der Waals surface area contributed by atoms with Gasteiger partial charge in [-0.2, -0.15) is 5.10 Å². The summed E-state index contributed by atoms with van der Waals surface area (Å²) < 4.78 is 10.5. The number of rotatable bonds is 1. The van der Waals surface area contributed by atoms with E-state index in [1.807, 2.05) is 20.8 Å². The van der Waals surface area contributed by atoms with Gasteiger partial charge in [0.15, 0.2) is 0 Å². The van der Waals surface area contributed by atoms with Gasteiger partial charge in [0, 0.05) is 13.0 Å². The van der Waals surface area contributed by atoms with Gasteiger partial charge in [0.1, 0.15) is 17.0 Å². The quantitative estimate of drug-likeness (QED) is 0.754. The van der Waals surface area contributed by atoms with E-state index < -0.39 is 23.4 Å². The lowest BCUT2D eigenvalue weighted by Crippen LogP contribution is -2.44. The van der Waals surface area contributed by atoms with E-state index >= 15 is 0 Å². The van der Waals surface area contributed by atoms with Crippen LogP contribution in [-0.2, 0) is 9.47 Å². The van der Waals surface area contributed by atoms with Crippen molar-refractivity contribution in [1.82, 2.24) is 10.3 Å². The summed E-state index contributed by atoms with van der Waals surface area (Å²) in [5.41, 5.74) is 1.17. The van der Waals surface area contributed by atoms with Gasteiger partial charge >= 0.3 is 12.2 Å². The van der Waals surface area contributed by atoms with Gasteiger partial charge in [0.2, 0.25) is 0 Å². The number of piperidine rings is 1. The fourth-order valence-electron chi connectivity index (χ4n) is 1.86. The summed E-state index contributed by atoms with van der Waals surface area (Å²) in [6, 6.07) is 0. The second-order valence-corrected chi connectivity index (χ2v) is 7.23. The lowest BCUT2D eigenvalue weighted by atomic mass is 10.1. The number of carbonyl (C=O) groups is 2. The highest BCUT2D eigenvalue weighted by Gasteiger charge is 2.28. The second kappa shape index (κ2) is 6.98. The molecule has 0 aromatic carbocycles. The third-order valence-corrected chi connectivity index (χ3v) is 2.63. The zero-order valence-electron chi connectivity index (χ0n) is 14.4. The van der Waals surface area contributed by atoms with Crippen molar-refractivity contribution < 1.29 is 19.1 Å². The maximum atomic E-state index is 12.2. The Labute approximate surface area is 132 Å². The van der Waals surface area contributed by atoms with E-state index in [0.29, 0.717) is 18.8 Å². The molecule has 0 saturated carbocycles. The predicted octanol–water partition coefficient (Wildman–Crippen LogP) is 3.25. The number of nitrogens with one attached hydrogen (secondary N) is 1. The number of carbonyl (C=O) groups excluding carboxylic acids is 2. The van der Waals surface area contributed by atoms with Crippen LogP contribution in [0.25, 0.3) is 0 Å². The van der Waals surface area contributed by atoms with E-state index in [4.69, 9.17) is 9.47 Å². The van der Waals surface area contributed by atoms with Crippen molar-refractivity contribution in [3.05, 3.63) is 0 Å². The lowest BCUT2D eigenvalue weighted by Gasteiger charge is -2.30. The van der Waals surface area contributed by atoms with Crippen LogP contribution in [0.15, 0.2) is 5.10 Å². The Bertz CT molecular complexity index is 447. The van der Waals surface area contributed by atoms with Gasteiger partial charge in [-0.3, -0.25) is 4.90 Å². The first-order valence-electron chi connectivity index (χ1n) is 7.54. The summed E-state index contributed by atoms with van der Waals surface area (Å²) >= 11 is 0. The first kappa shape index (κ1) is 18.3. The summed E-state index contributed by atoms with van der Waals surface area (Å²) in [6.07, 6.45) is 1.31. The Balaban J connectivity index is 2.70. The van der Waals surface area contributed by atoms with Crippen molar-refractivity contribution in [2.24, 2.45) is 5.10 Å². The molecule has 126 valence electrons. The van der Waals surface area contributed by atoms with Crippen LogP contribution in [0.5, 0.6) is 0 Å². The molecular weight excluding hydrogens is 286 g/mol. The fourth-order valence-corrected chi connectivity index (χ4v) is 1.86. The number of hydrogen-bond donors (Lipinski definition) is 1. The van der Waals surface area contributed by atoms with Crippen LogP contribution in [0.2, 0.25) is 0 Å². The third kappa shape index (κ3) is 6.78. The standard InChI is InChI=1S/C15H27N3O4/c1-14(2,3)21-12(19)17-16-11-9-7-8-10-18(11)13(20)22-15(4,5)6/h7-10H2,1-6H3,(H,17,19). The molecule has 1 fully saturated rings. The SMILES string of the molecule is CC(C)(C)OC(=O)NN=C1CCCCN1C(=O)OC(C)(C)C. The van der Waals surface area contributed by atoms with Crippen LogP contribution in [0.4, 0.5) is 9.59 Å². The molecule has 1 saturated heterocycles. The molecule has 0 spiro atoms. The van der Waals surface area contributed by atoms with Gasteiger partial charge in [0.05, 0.1) is 0 Å². The zero-order valence-corrected chi connectivity index (χ0v) is 14.4. The van der Waals surface area contributed by atoms with Crippen LogP contribution < -0.4 is 5.43 Å². The van der Waals surface area contributed by atoms with Gasteiger partial charge in [-0.25, -0.2) is 15.0 Å². The normalized spacial score (nSPS) is 18.1. The van der Waals surface area contributed by atoms with Gasteiger partial charge in [-0.1, -0.05) is 0 Å². The van der Waals surface area contributed by atoms with E-state index in [1.165, 1.54) is 4.90 Å². The predicted molar refractivity (Wildman–Crippen MR) is 83.6 cm³/mol. The van der Waals surface area contributed by atoms with Crippen LogP contribution >= 0.6 is 0 Å². The van der Waals surface area contributed by atoms with Crippen molar-refractivity contribution in [1.29, 1.82) is 0 Å². The molecule has 1 aliphatic rings. The smallest absolute Gasteiger partial charge is 0.428 e. The second-order valence-electron chi connectivity index (χ2n) is 7.23. The summed E-state index contributed by atoms with van der Waals surface area (Å²) in [5, 5.41) is 4.02. The molecule has 22 heavy (non-hydrogen) atoms. The van der Waals surface area contributed by atoms with Crippen molar-refractivity contribution in [2.45, 2.75) is 72.0 Å². The molecule has 2 amide bonds. The van der Waals surface area contributed by atoms with Crippen LogP contribution in [0.1, 0.15) is 60.8 Å². The Kier molecular flexibility index (Phi) is 5.79. The average molecular weight is 313 g/mol. The summed E-state index contributed by atoms with van der Waals surface area (Å²) in [6.45, 7) is 11.3. The number of amidine groups is 1. The summed E-state index contributed by atoms with van der Waals surface area (Å²) in [7, 11) is 0. The van der Waals surface area contributed by atoms with Crippen molar-refractivity contribution in [3.8, 4) is 0 Å². The Morgan fingerprint density at radius 3 is 2.18 bits per heavy atom. The molecule has 7 nitrogen and oxygen atoms in total. The third-order valence-electron chi connectivity index (χ3n) is 2.63. The van der Waals surface area contributed by atoms with E-state index in [1.54, 1.807) is 20.8 Å². The Morgan fingerprint density at radius 1 is 1.05 bits per heavy atom. The van der Waals surface area contributed by atoms with Crippen molar-refractivity contribution >= 4 is 18.0 Å². The summed E-state index contributed by atoms with van der Waals surface area (Å²) in [5.74, 6) is 0.492. The van der Waals surface area contributed by atoms with E-state index in [0.717, 1.165) is 12.8 Å². The molecule has 0 radical (unpaired) electrons. The minimum atomic E-state index is -0.644. The van der Waals surface area contributed by atoms with Crippen molar-refractivity contribution in [3.63, 3.8) is 0 Å². The maximum absolute atomic E-state index is 12.2. The maximum Gasteiger partial charge on any atom is 0.428 e. The van der Waals surface area contributed by atoms with E-state index in [2.05, 4.69) is 10.5 Å².